The Bertz CT molecular complexity index is 154. The van der Waals surface area contributed by atoms with Crippen LogP contribution >= 0.6 is 8.38 Å². The molecule has 1 saturated heterocycles. The van der Waals surface area contributed by atoms with Crippen molar-refractivity contribution in [3.05, 3.63) is 0 Å². The number of aliphatic hydroxyl groups excluding tert-OH is 2. The maximum Gasteiger partial charge on any atom is 0.165 e. The fraction of sp³-hybridized carbons (Fsp3) is 1.00. The molecule has 78 valence electrons. The van der Waals surface area contributed by atoms with E-state index in [2.05, 4.69) is 0 Å². The minimum absolute atomic E-state index is 0.126. The highest BCUT2D eigenvalue weighted by atomic mass is 31.2. The smallest absolute Gasteiger partial charge is 0.165 e. The third-order valence-corrected chi connectivity index (χ3v) is 2.76. The van der Waals surface area contributed by atoms with Gasteiger partial charge in [0.2, 0.25) is 0 Å². The molecule has 3 atom stereocenters. The van der Waals surface area contributed by atoms with E-state index in [1.807, 2.05) is 0 Å². The van der Waals surface area contributed by atoms with Crippen molar-refractivity contribution in [1.29, 1.82) is 0 Å². The summed E-state index contributed by atoms with van der Waals surface area (Å²) in [5.74, 6) is 0. The molecule has 5 nitrogen and oxygen atoms in total. The van der Waals surface area contributed by atoms with Gasteiger partial charge in [-0.05, 0) is 6.42 Å². The molecule has 0 radical (unpaired) electrons. The van der Waals surface area contributed by atoms with E-state index < -0.39 is 20.6 Å². The normalized spacial score (nSPS) is 35.3. The van der Waals surface area contributed by atoms with Gasteiger partial charge in [-0.15, -0.1) is 0 Å². The molecular formula is C7H15O5P. The van der Waals surface area contributed by atoms with Crippen molar-refractivity contribution in [3.8, 4) is 0 Å². The van der Waals surface area contributed by atoms with E-state index in [1.165, 1.54) is 0 Å². The van der Waals surface area contributed by atoms with Crippen LogP contribution in [0.3, 0.4) is 0 Å². The quantitative estimate of drug-likeness (QED) is 0.457. The van der Waals surface area contributed by atoms with Crippen LogP contribution in [-0.2, 0) is 4.74 Å². The van der Waals surface area contributed by atoms with Crippen LogP contribution < -0.4 is 0 Å². The molecule has 0 spiro atoms. The van der Waals surface area contributed by atoms with Gasteiger partial charge in [0.25, 0.3) is 0 Å². The highest BCUT2D eigenvalue weighted by Crippen LogP contribution is 2.27. The van der Waals surface area contributed by atoms with Crippen molar-refractivity contribution >= 4 is 8.38 Å². The van der Waals surface area contributed by atoms with E-state index in [0.717, 1.165) is 0 Å². The summed E-state index contributed by atoms with van der Waals surface area (Å²) in [4.78, 5) is 17.3. The minimum Gasteiger partial charge on any atom is -0.390 e. The van der Waals surface area contributed by atoms with Crippen LogP contribution in [0, 0.1) is 0 Å². The van der Waals surface area contributed by atoms with Gasteiger partial charge in [-0.3, -0.25) is 0 Å². The summed E-state index contributed by atoms with van der Waals surface area (Å²) < 4.78 is 5.19. The fourth-order valence-electron chi connectivity index (χ4n) is 1.30. The highest BCUT2D eigenvalue weighted by Gasteiger charge is 2.28. The Balaban J connectivity index is 2.21. The molecule has 4 N–H and O–H groups in total. The standard InChI is InChI=1S/C7H15O5P/c8-6-3-5(1-2-13(10)11)12-4-7(6)9/h5-11H,1-4H2. The van der Waals surface area contributed by atoms with Gasteiger partial charge in [-0.25, -0.2) is 0 Å². The molecule has 3 unspecified atom stereocenters. The largest absolute Gasteiger partial charge is 0.390 e. The molecule has 1 heterocycles. The van der Waals surface area contributed by atoms with Crippen LogP contribution in [-0.4, -0.2) is 51.1 Å². The van der Waals surface area contributed by atoms with Gasteiger partial charge in [0.1, 0.15) is 6.10 Å². The van der Waals surface area contributed by atoms with Crippen molar-refractivity contribution in [2.45, 2.75) is 31.2 Å². The second-order valence-electron chi connectivity index (χ2n) is 3.21. The summed E-state index contributed by atoms with van der Waals surface area (Å²) in [6, 6.07) is 0. The zero-order valence-electron chi connectivity index (χ0n) is 7.20. The van der Waals surface area contributed by atoms with Crippen LogP contribution in [0.15, 0.2) is 0 Å². The molecule has 0 aromatic rings. The number of rotatable bonds is 3. The Morgan fingerprint density at radius 2 is 1.92 bits per heavy atom. The first-order valence-electron chi connectivity index (χ1n) is 4.22. The monoisotopic (exact) mass is 210 g/mol. The van der Waals surface area contributed by atoms with E-state index in [-0.39, 0.29) is 12.7 Å². The second-order valence-corrected chi connectivity index (χ2v) is 4.40. The summed E-state index contributed by atoms with van der Waals surface area (Å²) in [6.45, 7) is 0.126. The summed E-state index contributed by atoms with van der Waals surface area (Å²) >= 11 is 0. The van der Waals surface area contributed by atoms with Crippen molar-refractivity contribution in [3.63, 3.8) is 0 Å². The molecule has 0 aliphatic carbocycles. The van der Waals surface area contributed by atoms with E-state index in [9.17, 15) is 5.11 Å². The van der Waals surface area contributed by atoms with Crippen molar-refractivity contribution < 1.29 is 24.7 Å². The number of ether oxygens (including phenoxy) is 1. The lowest BCUT2D eigenvalue weighted by atomic mass is 10.0. The molecule has 13 heavy (non-hydrogen) atoms. The average molecular weight is 210 g/mol. The first kappa shape index (κ1) is 11.3. The lowest BCUT2D eigenvalue weighted by molar-refractivity contribution is -0.121. The number of hydrogen-bond acceptors (Lipinski definition) is 5. The molecule has 6 heteroatoms. The molecular weight excluding hydrogens is 195 g/mol. The van der Waals surface area contributed by atoms with E-state index in [4.69, 9.17) is 19.6 Å². The Morgan fingerprint density at radius 3 is 2.46 bits per heavy atom. The Hall–Kier alpha value is 0.230. The maximum absolute atomic E-state index is 9.26. The van der Waals surface area contributed by atoms with Crippen LogP contribution in [0.5, 0.6) is 0 Å². The first-order chi connectivity index (χ1) is 6.09. The molecule has 1 rings (SSSR count). The van der Waals surface area contributed by atoms with Gasteiger partial charge in [0, 0.05) is 12.6 Å². The van der Waals surface area contributed by atoms with Gasteiger partial charge in [-0.2, -0.15) is 0 Å². The van der Waals surface area contributed by atoms with Gasteiger partial charge in [-0.1, -0.05) is 0 Å². The lowest BCUT2D eigenvalue weighted by Gasteiger charge is -2.30. The van der Waals surface area contributed by atoms with E-state index in [0.29, 0.717) is 19.0 Å². The van der Waals surface area contributed by atoms with Crippen LogP contribution in [0.2, 0.25) is 0 Å². The topological polar surface area (TPSA) is 90.2 Å². The molecule has 1 aliphatic rings. The SMILES string of the molecule is OC1COC(CCP(O)O)CC1O. The molecule has 0 bridgehead atoms. The molecule has 1 fully saturated rings. The van der Waals surface area contributed by atoms with Crippen molar-refractivity contribution in [2.75, 3.05) is 12.8 Å². The Kier molecular flexibility index (Phi) is 4.52. The van der Waals surface area contributed by atoms with Gasteiger partial charge >= 0.3 is 0 Å². The second kappa shape index (κ2) is 5.20. The Morgan fingerprint density at radius 1 is 1.23 bits per heavy atom. The van der Waals surface area contributed by atoms with Crippen LogP contribution in [0.25, 0.3) is 0 Å². The van der Waals surface area contributed by atoms with Crippen molar-refractivity contribution in [1.82, 2.24) is 0 Å². The fourth-order valence-corrected chi connectivity index (χ4v) is 1.82. The number of aliphatic hydroxyl groups is 2. The van der Waals surface area contributed by atoms with Crippen molar-refractivity contribution in [2.24, 2.45) is 0 Å². The first-order valence-corrected chi connectivity index (χ1v) is 5.66. The van der Waals surface area contributed by atoms with E-state index in [1.54, 1.807) is 0 Å². The summed E-state index contributed by atoms with van der Waals surface area (Å²) in [5, 5.41) is 18.4. The van der Waals surface area contributed by atoms with Gasteiger partial charge in [0.05, 0.1) is 18.8 Å². The summed E-state index contributed by atoms with van der Waals surface area (Å²) in [6.07, 6.45) is -0.540. The third-order valence-electron chi connectivity index (χ3n) is 2.10. The molecule has 0 saturated carbocycles. The maximum atomic E-state index is 9.26. The molecule has 0 amide bonds. The molecule has 0 aromatic heterocycles. The van der Waals surface area contributed by atoms with Gasteiger partial charge in [0.15, 0.2) is 8.38 Å². The third kappa shape index (κ3) is 3.85. The van der Waals surface area contributed by atoms with Gasteiger partial charge < -0.3 is 24.7 Å². The predicted molar refractivity (Wildman–Crippen MR) is 47.2 cm³/mol. The molecule has 0 aromatic carbocycles. The average Bonchev–Trinajstić information content (AvgIpc) is 2.07. The molecule has 1 aliphatic heterocycles. The summed E-state index contributed by atoms with van der Waals surface area (Å²) in [7, 11) is -1.87. The zero-order valence-corrected chi connectivity index (χ0v) is 8.10. The van der Waals surface area contributed by atoms with Crippen LogP contribution in [0.4, 0.5) is 0 Å². The Labute approximate surface area is 77.9 Å². The minimum atomic E-state index is -1.87. The number of hydrogen-bond donors (Lipinski definition) is 4. The van der Waals surface area contributed by atoms with Crippen LogP contribution in [0.1, 0.15) is 12.8 Å². The lowest BCUT2D eigenvalue weighted by Crippen LogP contribution is -2.41. The zero-order chi connectivity index (χ0) is 9.84. The predicted octanol–water partition coefficient (Wildman–Crippen LogP) is -0.816. The summed E-state index contributed by atoms with van der Waals surface area (Å²) in [5.41, 5.74) is 0. The van der Waals surface area contributed by atoms with E-state index >= 15 is 0 Å². The highest BCUT2D eigenvalue weighted by molar-refractivity contribution is 7.45.